The number of hydrogen-bond acceptors (Lipinski definition) is 6. The van der Waals surface area contributed by atoms with Crippen LogP contribution in [0, 0.1) is 11.3 Å². The van der Waals surface area contributed by atoms with Crippen molar-refractivity contribution in [2.75, 3.05) is 0 Å². The SMILES string of the molecule is CCC1CCC2(CC1)N=C(c1cc(Cl)cc(Cl)c1)C(=O)N2[C@H](CCC(C)(C)C)c1ccc(C(=O)NCc2nn[nH]n2)cc1. The van der Waals surface area contributed by atoms with E-state index in [1.165, 1.54) is 0 Å². The summed E-state index contributed by atoms with van der Waals surface area (Å²) in [4.78, 5) is 34.6. The van der Waals surface area contributed by atoms with Crippen LogP contribution < -0.4 is 5.32 Å². The van der Waals surface area contributed by atoms with E-state index in [1.54, 1.807) is 18.2 Å². The first-order valence-corrected chi connectivity index (χ1v) is 15.7. The number of aromatic nitrogens is 4. The molecule has 0 unspecified atom stereocenters. The van der Waals surface area contributed by atoms with Gasteiger partial charge in [0.1, 0.15) is 11.4 Å². The molecule has 228 valence electrons. The van der Waals surface area contributed by atoms with Gasteiger partial charge in [-0.1, -0.05) is 74.7 Å². The normalized spacial score (nSPS) is 21.3. The summed E-state index contributed by atoms with van der Waals surface area (Å²) >= 11 is 12.7. The highest BCUT2D eigenvalue weighted by Gasteiger charge is 2.51. The molecule has 1 fully saturated rings. The smallest absolute Gasteiger partial charge is 0.275 e. The lowest BCUT2D eigenvalue weighted by atomic mass is 9.78. The first kappa shape index (κ1) is 31.1. The molecule has 2 N–H and O–H groups in total. The number of hydrogen-bond donors (Lipinski definition) is 2. The Morgan fingerprint density at radius 3 is 2.37 bits per heavy atom. The summed E-state index contributed by atoms with van der Waals surface area (Å²) in [7, 11) is 0. The van der Waals surface area contributed by atoms with Gasteiger partial charge in [0.25, 0.3) is 11.8 Å². The van der Waals surface area contributed by atoms with E-state index in [9.17, 15) is 9.59 Å². The van der Waals surface area contributed by atoms with Crippen molar-refractivity contribution in [1.82, 2.24) is 30.8 Å². The fourth-order valence-corrected chi connectivity index (χ4v) is 6.74. The average Bonchev–Trinajstić information content (AvgIpc) is 3.58. The largest absolute Gasteiger partial charge is 0.345 e. The zero-order valence-corrected chi connectivity index (χ0v) is 26.7. The minimum absolute atomic E-state index is 0.0627. The topological polar surface area (TPSA) is 116 Å². The third-order valence-electron chi connectivity index (χ3n) is 8.64. The molecule has 1 aromatic heterocycles. The lowest BCUT2D eigenvalue weighted by molar-refractivity contribution is -0.133. The van der Waals surface area contributed by atoms with Crippen LogP contribution in [0.1, 0.15) is 106 Å². The molecule has 5 rings (SSSR count). The molecule has 1 saturated carbocycles. The third-order valence-corrected chi connectivity index (χ3v) is 9.08. The summed E-state index contributed by atoms with van der Waals surface area (Å²) in [5.41, 5.74) is 1.97. The predicted molar refractivity (Wildman–Crippen MR) is 168 cm³/mol. The number of H-pyrrole nitrogens is 1. The Bertz CT molecular complexity index is 1450. The Labute approximate surface area is 262 Å². The van der Waals surface area contributed by atoms with Crippen LogP contribution in [-0.2, 0) is 11.3 Å². The Hall–Kier alpha value is -3.30. The predicted octanol–water partition coefficient (Wildman–Crippen LogP) is 6.93. The molecular weight excluding hydrogens is 585 g/mol. The number of nitrogens with zero attached hydrogens (tertiary/aromatic N) is 5. The Morgan fingerprint density at radius 1 is 1.12 bits per heavy atom. The summed E-state index contributed by atoms with van der Waals surface area (Å²) in [6, 6.07) is 12.5. The second-order valence-electron chi connectivity index (χ2n) is 12.9. The zero-order chi connectivity index (χ0) is 30.8. The number of tetrazole rings is 1. The van der Waals surface area contributed by atoms with Crippen molar-refractivity contribution in [3.05, 3.63) is 75.0 Å². The zero-order valence-electron chi connectivity index (χ0n) is 25.2. The third kappa shape index (κ3) is 7.10. The summed E-state index contributed by atoms with van der Waals surface area (Å²) < 4.78 is 0. The first-order valence-electron chi connectivity index (χ1n) is 15.0. The molecule has 2 aliphatic rings. The maximum atomic E-state index is 14.5. The van der Waals surface area contributed by atoms with E-state index in [2.05, 4.69) is 53.6 Å². The number of benzene rings is 2. The monoisotopic (exact) mass is 623 g/mol. The molecule has 0 radical (unpaired) electrons. The molecule has 2 amide bonds. The Balaban J connectivity index is 1.49. The van der Waals surface area contributed by atoms with Crippen LogP contribution in [0.5, 0.6) is 0 Å². The Kier molecular flexibility index (Phi) is 9.23. The van der Waals surface area contributed by atoms with E-state index < -0.39 is 5.66 Å². The van der Waals surface area contributed by atoms with E-state index >= 15 is 0 Å². The van der Waals surface area contributed by atoms with Crippen molar-refractivity contribution in [3.8, 4) is 0 Å². The van der Waals surface area contributed by atoms with Crippen molar-refractivity contribution in [2.45, 2.75) is 90.9 Å². The van der Waals surface area contributed by atoms with Gasteiger partial charge in [-0.2, -0.15) is 5.21 Å². The highest BCUT2D eigenvalue weighted by Crippen LogP contribution is 2.48. The van der Waals surface area contributed by atoms with Crippen LogP contribution >= 0.6 is 23.2 Å². The van der Waals surface area contributed by atoms with Crippen LogP contribution in [0.25, 0.3) is 0 Å². The highest BCUT2D eigenvalue weighted by molar-refractivity contribution is 6.47. The number of halogens is 2. The van der Waals surface area contributed by atoms with Crippen molar-refractivity contribution < 1.29 is 9.59 Å². The van der Waals surface area contributed by atoms with Gasteiger partial charge in [-0.05, 0) is 85.8 Å². The highest BCUT2D eigenvalue weighted by atomic mass is 35.5. The van der Waals surface area contributed by atoms with Gasteiger partial charge < -0.3 is 10.2 Å². The summed E-state index contributed by atoms with van der Waals surface area (Å²) in [5.74, 6) is 0.687. The minimum atomic E-state index is -0.643. The number of rotatable bonds is 9. The molecular formula is C32H39Cl2N7O2. The van der Waals surface area contributed by atoms with Crippen LogP contribution in [-0.4, -0.2) is 48.7 Å². The van der Waals surface area contributed by atoms with Crippen molar-refractivity contribution >= 4 is 40.7 Å². The van der Waals surface area contributed by atoms with E-state index in [4.69, 9.17) is 28.2 Å². The lowest BCUT2D eigenvalue weighted by Crippen LogP contribution is -2.51. The number of carbonyl (C=O) groups is 2. The standard InChI is InChI=1S/C32H39Cl2N7O2/c1-5-20-10-14-32(15-11-20)36-28(23-16-24(33)18-25(34)17-23)30(43)41(32)26(12-13-31(2,3)4)21-6-8-22(9-7-21)29(42)35-19-27-37-39-40-38-27/h6-9,16-18,20,26H,5,10-15,19H2,1-4H3,(H,35,42)(H,37,38,39,40)/t20?,26-,32?/m1/s1. The molecule has 1 aliphatic carbocycles. The van der Waals surface area contributed by atoms with Crippen molar-refractivity contribution in [3.63, 3.8) is 0 Å². The maximum absolute atomic E-state index is 14.5. The van der Waals surface area contributed by atoms with Gasteiger partial charge in [-0.25, -0.2) is 0 Å². The second-order valence-corrected chi connectivity index (χ2v) is 13.7. The van der Waals surface area contributed by atoms with Gasteiger partial charge in [-0.3, -0.25) is 14.6 Å². The average molecular weight is 625 g/mol. The number of aromatic amines is 1. The van der Waals surface area contributed by atoms with Gasteiger partial charge in [0.05, 0.1) is 12.6 Å². The molecule has 3 aromatic rings. The van der Waals surface area contributed by atoms with Crippen molar-refractivity contribution in [1.29, 1.82) is 0 Å². The number of carbonyl (C=O) groups excluding carboxylic acids is 2. The number of amides is 2. The first-order chi connectivity index (χ1) is 20.5. The quantitative estimate of drug-likeness (QED) is 0.268. The van der Waals surface area contributed by atoms with Gasteiger partial charge in [0, 0.05) is 21.2 Å². The number of aliphatic imine (C=N–C) groups is 1. The minimum Gasteiger partial charge on any atom is -0.345 e. The fraction of sp³-hybridized carbons (Fsp3) is 0.500. The molecule has 11 heteroatoms. The second kappa shape index (κ2) is 12.7. The van der Waals surface area contributed by atoms with Crippen LogP contribution in [0.3, 0.4) is 0 Å². The molecule has 0 bridgehead atoms. The molecule has 9 nitrogen and oxygen atoms in total. The van der Waals surface area contributed by atoms with Crippen molar-refractivity contribution in [2.24, 2.45) is 16.3 Å². The molecule has 1 aliphatic heterocycles. The summed E-state index contributed by atoms with van der Waals surface area (Å²) in [6.07, 6.45) is 6.41. The molecule has 2 heterocycles. The molecule has 2 aromatic carbocycles. The maximum Gasteiger partial charge on any atom is 0.275 e. The van der Waals surface area contributed by atoms with Gasteiger partial charge >= 0.3 is 0 Å². The molecule has 1 spiro atoms. The van der Waals surface area contributed by atoms with Gasteiger partial charge in [0.2, 0.25) is 0 Å². The summed E-state index contributed by atoms with van der Waals surface area (Å²) in [5, 5.41) is 17.4. The van der Waals surface area contributed by atoms with Crippen LogP contribution in [0.15, 0.2) is 47.5 Å². The summed E-state index contributed by atoms with van der Waals surface area (Å²) in [6.45, 7) is 9.04. The number of nitrogens with one attached hydrogen (secondary N) is 2. The van der Waals surface area contributed by atoms with Crippen LogP contribution in [0.2, 0.25) is 10.0 Å². The lowest BCUT2D eigenvalue weighted by Gasteiger charge is -2.45. The van der Waals surface area contributed by atoms with Gasteiger partial charge in [-0.15, -0.1) is 10.2 Å². The van der Waals surface area contributed by atoms with Crippen LogP contribution in [0.4, 0.5) is 0 Å². The van der Waals surface area contributed by atoms with E-state index in [-0.39, 0.29) is 29.8 Å². The van der Waals surface area contributed by atoms with Gasteiger partial charge in [0.15, 0.2) is 5.82 Å². The molecule has 1 atom stereocenters. The molecule has 0 saturated heterocycles. The van der Waals surface area contributed by atoms with E-state index in [0.29, 0.717) is 38.6 Å². The van der Waals surface area contributed by atoms with E-state index in [0.717, 1.165) is 50.5 Å². The Morgan fingerprint density at radius 2 is 1.79 bits per heavy atom. The fourth-order valence-electron chi connectivity index (χ4n) is 6.21. The molecule has 43 heavy (non-hydrogen) atoms. The van der Waals surface area contributed by atoms with E-state index in [1.807, 2.05) is 29.2 Å².